The second-order valence-electron chi connectivity index (χ2n) is 7.48. The molecule has 1 unspecified atom stereocenters. The second kappa shape index (κ2) is 11.9. The van der Waals surface area contributed by atoms with Crippen LogP contribution >= 0.6 is 11.8 Å². The molecule has 0 spiro atoms. The average molecular weight is 462 g/mol. The van der Waals surface area contributed by atoms with Gasteiger partial charge in [-0.05, 0) is 60.5 Å². The molecule has 3 amide bonds. The Morgan fingerprint density at radius 1 is 0.758 bits per heavy atom. The van der Waals surface area contributed by atoms with Crippen molar-refractivity contribution in [1.82, 2.24) is 0 Å². The Kier molecular flexibility index (Phi) is 8.66. The Labute approximate surface area is 198 Å². The maximum absolute atomic E-state index is 13.2. The maximum Gasteiger partial charge on any atom is 0.242 e. The lowest BCUT2D eigenvalue weighted by Crippen LogP contribution is -2.19. The smallest absolute Gasteiger partial charge is 0.242 e. The highest BCUT2D eigenvalue weighted by Crippen LogP contribution is 2.36. The van der Waals surface area contributed by atoms with Crippen LogP contribution in [0.15, 0.2) is 83.8 Å². The summed E-state index contributed by atoms with van der Waals surface area (Å²) in [5.41, 5.74) is 2.93. The molecule has 3 N–H and O–H groups in total. The van der Waals surface area contributed by atoms with Gasteiger partial charge in [-0.15, -0.1) is 11.8 Å². The van der Waals surface area contributed by atoms with Crippen LogP contribution in [-0.4, -0.2) is 17.7 Å². The Balaban J connectivity index is 1.73. The van der Waals surface area contributed by atoms with E-state index in [0.717, 1.165) is 22.6 Å². The number of rotatable bonds is 9. The summed E-state index contributed by atoms with van der Waals surface area (Å²) in [5, 5.41) is 8.07. The average Bonchev–Trinajstić information content (AvgIpc) is 2.80. The molecule has 0 saturated heterocycles. The van der Waals surface area contributed by atoms with Gasteiger partial charge in [0.05, 0.1) is 0 Å². The molecular formula is C26H27N3O3S. The van der Waals surface area contributed by atoms with Crippen molar-refractivity contribution in [2.75, 3.05) is 16.0 Å². The highest BCUT2D eigenvalue weighted by atomic mass is 32.2. The Hall–Kier alpha value is -3.58. The molecule has 0 bridgehead atoms. The van der Waals surface area contributed by atoms with Gasteiger partial charge in [0.25, 0.3) is 0 Å². The number of anilines is 3. The van der Waals surface area contributed by atoms with E-state index < -0.39 is 5.25 Å². The molecule has 0 aliphatic heterocycles. The summed E-state index contributed by atoms with van der Waals surface area (Å²) in [6.45, 7) is 3.41. The molecule has 0 aliphatic carbocycles. The van der Waals surface area contributed by atoms with Crippen LogP contribution in [0.3, 0.4) is 0 Å². The van der Waals surface area contributed by atoms with Crippen LogP contribution < -0.4 is 16.0 Å². The fourth-order valence-electron chi connectivity index (χ4n) is 3.15. The molecule has 3 aromatic rings. The van der Waals surface area contributed by atoms with Crippen molar-refractivity contribution in [2.45, 2.75) is 36.8 Å². The largest absolute Gasteiger partial charge is 0.326 e. The first-order valence-corrected chi connectivity index (χ1v) is 11.6. The predicted molar refractivity (Wildman–Crippen MR) is 134 cm³/mol. The van der Waals surface area contributed by atoms with E-state index in [1.165, 1.54) is 18.7 Å². The highest BCUT2D eigenvalue weighted by Gasteiger charge is 2.22. The first kappa shape index (κ1) is 24.1. The van der Waals surface area contributed by atoms with Gasteiger partial charge >= 0.3 is 0 Å². The van der Waals surface area contributed by atoms with E-state index in [9.17, 15) is 14.4 Å². The first-order valence-electron chi connectivity index (χ1n) is 10.7. The molecule has 1 atom stereocenters. The molecule has 0 saturated carbocycles. The van der Waals surface area contributed by atoms with E-state index in [4.69, 9.17) is 0 Å². The number of thioether (sulfide) groups is 1. The van der Waals surface area contributed by atoms with Crippen molar-refractivity contribution in [2.24, 2.45) is 0 Å². The van der Waals surface area contributed by atoms with Gasteiger partial charge in [0, 0.05) is 35.3 Å². The van der Waals surface area contributed by atoms with Crippen LogP contribution in [0.1, 0.15) is 37.5 Å². The summed E-state index contributed by atoms with van der Waals surface area (Å²) in [6.07, 6.45) is 1.28. The topological polar surface area (TPSA) is 87.3 Å². The minimum absolute atomic E-state index is 0.0102. The highest BCUT2D eigenvalue weighted by molar-refractivity contribution is 8.00. The quantitative estimate of drug-likeness (QED) is 0.349. The Morgan fingerprint density at radius 2 is 1.30 bits per heavy atom. The van der Waals surface area contributed by atoms with Crippen LogP contribution in [0.5, 0.6) is 0 Å². The van der Waals surface area contributed by atoms with E-state index in [2.05, 4.69) is 16.0 Å². The number of carbonyl (C=O) groups excluding carboxylic acids is 3. The summed E-state index contributed by atoms with van der Waals surface area (Å²) in [4.78, 5) is 37.1. The molecule has 3 aromatic carbocycles. The number of hydrogen-bond acceptors (Lipinski definition) is 4. The Morgan fingerprint density at radius 3 is 1.88 bits per heavy atom. The lowest BCUT2D eigenvalue weighted by atomic mass is 10.1. The third-order valence-corrected chi connectivity index (χ3v) is 5.95. The fourth-order valence-corrected chi connectivity index (χ4v) is 4.18. The minimum Gasteiger partial charge on any atom is -0.326 e. The van der Waals surface area contributed by atoms with Crippen LogP contribution in [0, 0.1) is 0 Å². The van der Waals surface area contributed by atoms with Crippen LogP contribution in [0.25, 0.3) is 0 Å². The molecule has 0 radical (unpaired) electrons. The lowest BCUT2D eigenvalue weighted by molar-refractivity contribution is -0.116. The van der Waals surface area contributed by atoms with Gasteiger partial charge in [0.1, 0.15) is 5.25 Å². The summed E-state index contributed by atoms with van der Waals surface area (Å²) in [7, 11) is 0. The van der Waals surface area contributed by atoms with E-state index in [1.54, 1.807) is 24.3 Å². The van der Waals surface area contributed by atoms with Crippen molar-refractivity contribution >= 4 is 46.5 Å². The van der Waals surface area contributed by atoms with Crippen molar-refractivity contribution in [1.29, 1.82) is 0 Å². The van der Waals surface area contributed by atoms with E-state index >= 15 is 0 Å². The fraction of sp³-hybridized carbons (Fsp3) is 0.192. The first-order chi connectivity index (χ1) is 15.9. The second-order valence-corrected chi connectivity index (χ2v) is 8.66. The van der Waals surface area contributed by atoms with Gasteiger partial charge in [-0.3, -0.25) is 14.4 Å². The van der Waals surface area contributed by atoms with E-state index in [1.807, 2.05) is 61.5 Å². The molecule has 0 fully saturated rings. The number of carbonyl (C=O) groups is 3. The molecule has 0 aliphatic rings. The van der Waals surface area contributed by atoms with Gasteiger partial charge in [0.2, 0.25) is 17.7 Å². The predicted octanol–water partition coefficient (Wildman–Crippen LogP) is 5.86. The van der Waals surface area contributed by atoms with E-state index in [0.29, 0.717) is 17.8 Å². The van der Waals surface area contributed by atoms with Crippen LogP contribution in [0.4, 0.5) is 17.1 Å². The molecule has 33 heavy (non-hydrogen) atoms. The Bertz CT molecular complexity index is 1080. The maximum atomic E-state index is 13.2. The summed E-state index contributed by atoms with van der Waals surface area (Å²) >= 11 is 1.44. The number of benzene rings is 3. The SMILES string of the molecule is CCCC(=O)Nc1ccc(SC(C(=O)Nc2ccc(NC(C)=O)cc2)c2ccccc2)cc1. The molecule has 3 rings (SSSR count). The van der Waals surface area contributed by atoms with Gasteiger partial charge in [-0.25, -0.2) is 0 Å². The van der Waals surface area contributed by atoms with Gasteiger partial charge < -0.3 is 16.0 Å². The minimum atomic E-state index is -0.471. The molecule has 170 valence electrons. The number of hydrogen-bond donors (Lipinski definition) is 3. The summed E-state index contributed by atoms with van der Waals surface area (Å²) < 4.78 is 0. The number of amides is 3. The number of nitrogens with one attached hydrogen (secondary N) is 3. The monoisotopic (exact) mass is 461 g/mol. The van der Waals surface area contributed by atoms with Crippen LogP contribution in [0.2, 0.25) is 0 Å². The molecular weight excluding hydrogens is 434 g/mol. The standard InChI is InChI=1S/C26H27N3O3S/c1-3-7-24(31)28-21-14-16-23(17-15-21)33-25(19-8-5-4-6-9-19)26(32)29-22-12-10-20(11-13-22)27-18(2)30/h4-6,8-17,25H,3,7H2,1-2H3,(H,27,30)(H,28,31)(H,29,32). The van der Waals surface area contributed by atoms with Crippen molar-refractivity contribution < 1.29 is 14.4 Å². The van der Waals surface area contributed by atoms with Gasteiger partial charge in [-0.1, -0.05) is 37.3 Å². The van der Waals surface area contributed by atoms with E-state index in [-0.39, 0.29) is 17.7 Å². The zero-order valence-corrected chi connectivity index (χ0v) is 19.4. The molecule has 0 heterocycles. The summed E-state index contributed by atoms with van der Waals surface area (Å²) in [6, 6.07) is 24.1. The van der Waals surface area contributed by atoms with Crippen molar-refractivity contribution in [3.63, 3.8) is 0 Å². The van der Waals surface area contributed by atoms with Crippen LogP contribution in [-0.2, 0) is 14.4 Å². The van der Waals surface area contributed by atoms with Crippen molar-refractivity contribution in [3.05, 3.63) is 84.4 Å². The van der Waals surface area contributed by atoms with Gasteiger partial charge in [0.15, 0.2) is 0 Å². The molecule has 7 heteroatoms. The van der Waals surface area contributed by atoms with Gasteiger partial charge in [-0.2, -0.15) is 0 Å². The zero-order valence-electron chi connectivity index (χ0n) is 18.6. The third kappa shape index (κ3) is 7.50. The zero-order chi connectivity index (χ0) is 23.6. The summed E-state index contributed by atoms with van der Waals surface area (Å²) in [5.74, 6) is -0.314. The molecule has 0 aromatic heterocycles. The van der Waals surface area contributed by atoms with Crippen molar-refractivity contribution in [3.8, 4) is 0 Å². The molecule has 6 nitrogen and oxygen atoms in total. The normalized spacial score (nSPS) is 11.3. The third-order valence-electron chi connectivity index (χ3n) is 4.68. The lowest BCUT2D eigenvalue weighted by Gasteiger charge is -2.17.